The quantitative estimate of drug-likeness (QED) is 0.650. The van der Waals surface area contributed by atoms with E-state index in [4.69, 9.17) is 10.5 Å². The minimum atomic E-state index is -0.00926. The lowest BCUT2D eigenvalue weighted by Crippen LogP contribution is -2.25. The molecule has 4 heteroatoms. The van der Waals surface area contributed by atoms with Gasteiger partial charge >= 0.3 is 0 Å². The molecule has 2 atom stereocenters. The zero-order valence-corrected chi connectivity index (χ0v) is 7.10. The SMILES string of the molecule is Cn1ccnc1[C@H]1OCC[C@H]1N. The summed E-state index contributed by atoms with van der Waals surface area (Å²) in [5.74, 6) is 0.931. The summed E-state index contributed by atoms with van der Waals surface area (Å²) in [5.41, 5.74) is 5.86. The van der Waals surface area contributed by atoms with Crippen LogP contribution in [-0.4, -0.2) is 22.2 Å². The van der Waals surface area contributed by atoms with E-state index in [1.807, 2.05) is 17.8 Å². The van der Waals surface area contributed by atoms with Crippen LogP contribution < -0.4 is 5.73 Å². The standard InChI is InChI=1S/C8H13N3O/c1-11-4-3-10-8(11)7-6(9)2-5-12-7/h3-4,6-7H,2,5,9H2,1H3/t6-,7+/m1/s1. The van der Waals surface area contributed by atoms with Gasteiger partial charge in [-0.25, -0.2) is 4.98 Å². The Kier molecular flexibility index (Phi) is 1.86. The van der Waals surface area contributed by atoms with Crippen LogP contribution in [0.1, 0.15) is 18.3 Å². The summed E-state index contributed by atoms with van der Waals surface area (Å²) in [6, 6.07) is 0.103. The topological polar surface area (TPSA) is 53.1 Å². The van der Waals surface area contributed by atoms with Gasteiger partial charge < -0.3 is 15.0 Å². The van der Waals surface area contributed by atoms with E-state index in [2.05, 4.69) is 4.98 Å². The third-order valence-corrected chi connectivity index (χ3v) is 2.25. The van der Waals surface area contributed by atoms with Gasteiger partial charge in [0.15, 0.2) is 0 Å². The third-order valence-electron chi connectivity index (χ3n) is 2.25. The van der Waals surface area contributed by atoms with Crippen LogP contribution in [0.2, 0.25) is 0 Å². The normalized spacial score (nSPS) is 29.5. The minimum Gasteiger partial charge on any atom is -0.369 e. The molecular weight excluding hydrogens is 154 g/mol. The number of imidazole rings is 1. The van der Waals surface area contributed by atoms with Gasteiger partial charge in [0, 0.05) is 32.1 Å². The van der Waals surface area contributed by atoms with Crippen LogP contribution in [0, 0.1) is 0 Å². The second-order valence-electron chi connectivity index (χ2n) is 3.14. The number of hydrogen-bond donors (Lipinski definition) is 1. The zero-order chi connectivity index (χ0) is 8.55. The monoisotopic (exact) mass is 167 g/mol. The summed E-state index contributed by atoms with van der Waals surface area (Å²) in [7, 11) is 1.96. The van der Waals surface area contributed by atoms with E-state index in [1.165, 1.54) is 0 Å². The highest BCUT2D eigenvalue weighted by Crippen LogP contribution is 2.25. The van der Waals surface area contributed by atoms with E-state index in [0.29, 0.717) is 0 Å². The predicted octanol–water partition coefficient (Wildman–Crippen LogP) is 0.209. The van der Waals surface area contributed by atoms with E-state index in [-0.39, 0.29) is 12.1 Å². The van der Waals surface area contributed by atoms with Crippen LogP contribution in [0.4, 0.5) is 0 Å². The van der Waals surface area contributed by atoms with Gasteiger partial charge in [-0.05, 0) is 6.42 Å². The van der Waals surface area contributed by atoms with Crippen LogP contribution in [0.5, 0.6) is 0 Å². The smallest absolute Gasteiger partial charge is 0.139 e. The van der Waals surface area contributed by atoms with Crippen molar-refractivity contribution in [2.45, 2.75) is 18.6 Å². The molecule has 1 aromatic heterocycles. The van der Waals surface area contributed by atoms with Crippen molar-refractivity contribution < 1.29 is 4.74 Å². The summed E-state index contributed by atoms with van der Waals surface area (Å²) in [4.78, 5) is 4.21. The average molecular weight is 167 g/mol. The molecule has 12 heavy (non-hydrogen) atoms. The van der Waals surface area contributed by atoms with E-state index in [1.54, 1.807) is 6.20 Å². The van der Waals surface area contributed by atoms with Crippen molar-refractivity contribution in [3.05, 3.63) is 18.2 Å². The molecular formula is C8H13N3O. The van der Waals surface area contributed by atoms with Crippen LogP contribution in [0.3, 0.4) is 0 Å². The van der Waals surface area contributed by atoms with Gasteiger partial charge in [0.1, 0.15) is 11.9 Å². The molecule has 0 aromatic carbocycles. The molecule has 0 spiro atoms. The summed E-state index contributed by atoms with van der Waals surface area (Å²) < 4.78 is 7.44. The summed E-state index contributed by atoms with van der Waals surface area (Å²) in [5, 5.41) is 0. The highest BCUT2D eigenvalue weighted by Gasteiger charge is 2.29. The molecule has 0 radical (unpaired) electrons. The molecule has 2 heterocycles. The van der Waals surface area contributed by atoms with Crippen molar-refractivity contribution >= 4 is 0 Å². The van der Waals surface area contributed by atoms with Gasteiger partial charge in [-0.2, -0.15) is 0 Å². The van der Waals surface area contributed by atoms with Gasteiger partial charge in [0.05, 0.1) is 0 Å². The maximum atomic E-state index is 5.86. The van der Waals surface area contributed by atoms with Gasteiger partial charge in [0.25, 0.3) is 0 Å². The van der Waals surface area contributed by atoms with Crippen molar-refractivity contribution in [1.82, 2.24) is 9.55 Å². The van der Waals surface area contributed by atoms with E-state index < -0.39 is 0 Å². The fourth-order valence-electron chi connectivity index (χ4n) is 1.52. The zero-order valence-electron chi connectivity index (χ0n) is 7.10. The summed E-state index contributed by atoms with van der Waals surface area (Å²) in [6.07, 6.45) is 4.59. The van der Waals surface area contributed by atoms with Crippen molar-refractivity contribution in [3.8, 4) is 0 Å². The molecule has 66 valence electrons. The maximum Gasteiger partial charge on any atom is 0.139 e. The van der Waals surface area contributed by atoms with Crippen LogP contribution >= 0.6 is 0 Å². The van der Waals surface area contributed by atoms with Gasteiger partial charge in [-0.3, -0.25) is 0 Å². The highest BCUT2D eigenvalue weighted by atomic mass is 16.5. The average Bonchev–Trinajstić information content (AvgIpc) is 2.59. The summed E-state index contributed by atoms with van der Waals surface area (Å²) in [6.45, 7) is 0.749. The lowest BCUT2D eigenvalue weighted by atomic mass is 10.1. The van der Waals surface area contributed by atoms with Gasteiger partial charge in [-0.1, -0.05) is 0 Å². The number of aromatic nitrogens is 2. The minimum absolute atomic E-state index is 0.00926. The fraction of sp³-hybridized carbons (Fsp3) is 0.625. The number of nitrogens with zero attached hydrogens (tertiary/aromatic N) is 2. The molecule has 0 unspecified atom stereocenters. The predicted molar refractivity (Wildman–Crippen MR) is 44.5 cm³/mol. The lowest BCUT2D eigenvalue weighted by Gasteiger charge is -2.13. The molecule has 2 rings (SSSR count). The van der Waals surface area contributed by atoms with E-state index in [0.717, 1.165) is 18.9 Å². The maximum absolute atomic E-state index is 5.86. The number of aryl methyl sites for hydroxylation is 1. The Morgan fingerprint density at radius 3 is 3.08 bits per heavy atom. The molecule has 0 saturated carbocycles. The Balaban J connectivity index is 2.24. The van der Waals surface area contributed by atoms with Crippen molar-refractivity contribution in [3.63, 3.8) is 0 Å². The first-order chi connectivity index (χ1) is 5.79. The number of rotatable bonds is 1. The molecule has 0 amide bonds. The molecule has 1 aromatic rings. The third kappa shape index (κ3) is 1.13. The molecule has 4 nitrogen and oxygen atoms in total. The Bertz CT molecular complexity index is 271. The number of nitrogens with two attached hydrogens (primary N) is 1. The number of ether oxygens (including phenoxy) is 1. The van der Waals surface area contributed by atoms with E-state index in [9.17, 15) is 0 Å². The van der Waals surface area contributed by atoms with Crippen LogP contribution in [0.15, 0.2) is 12.4 Å². The second kappa shape index (κ2) is 2.88. The molecule has 1 aliphatic heterocycles. The van der Waals surface area contributed by atoms with Crippen LogP contribution in [-0.2, 0) is 11.8 Å². The van der Waals surface area contributed by atoms with Crippen molar-refractivity contribution in [1.29, 1.82) is 0 Å². The number of hydrogen-bond acceptors (Lipinski definition) is 3. The second-order valence-corrected chi connectivity index (χ2v) is 3.14. The van der Waals surface area contributed by atoms with Crippen molar-refractivity contribution in [2.24, 2.45) is 12.8 Å². The van der Waals surface area contributed by atoms with Crippen molar-refractivity contribution in [2.75, 3.05) is 6.61 Å². The Morgan fingerprint density at radius 2 is 2.58 bits per heavy atom. The largest absolute Gasteiger partial charge is 0.369 e. The molecule has 1 saturated heterocycles. The molecule has 1 aliphatic rings. The van der Waals surface area contributed by atoms with E-state index >= 15 is 0 Å². The molecule has 0 aliphatic carbocycles. The van der Waals surface area contributed by atoms with Gasteiger partial charge in [0.2, 0.25) is 0 Å². The Hall–Kier alpha value is -0.870. The Labute approximate surface area is 71.3 Å². The molecule has 2 N–H and O–H groups in total. The molecule has 1 fully saturated rings. The van der Waals surface area contributed by atoms with Crippen LogP contribution in [0.25, 0.3) is 0 Å². The summed E-state index contributed by atoms with van der Waals surface area (Å²) >= 11 is 0. The Morgan fingerprint density at radius 1 is 1.75 bits per heavy atom. The highest BCUT2D eigenvalue weighted by molar-refractivity contribution is 5.01. The molecule has 0 bridgehead atoms. The first-order valence-corrected chi connectivity index (χ1v) is 4.13. The first kappa shape index (κ1) is 7.76. The first-order valence-electron chi connectivity index (χ1n) is 4.13. The fourth-order valence-corrected chi connectivity index (χ4v) is 1.52. The van der Waals surface area contributed by atoms with Gasteiger partial charge in [-0.15, -0.1) is 0 Å². The lowest BCUT2D eigenvalue weighted by molar-refractivity contribution is 0.0957.